The maximum Gasteiger partial charge on any atom is 0.229 e. The second-order valence-corrected chi connectivity index (χ2v) is 15.4. The third-order valence-corrected chi connectivity index (χ3v) is 10.2. The molecule has 1 amide bonds. The zero-order valence-corrected chi connectivity index (χ0v) is 29.7. The molecule has 1 aliphatic heterocycles. The Balaban J connectivity index is 1.27. The summed E-state index contributed by atoms with van der Waals surface area (Å²) in [6, 6.07) is 14.8. The Hall–Kier alpha value is -4.03. The molecule has 0 bridgehead atoms. The average molecular weight is 679 g/mol. The molecule has 3 aromatic rings. The maximum atomic E-state index is 12.9. The van der Waals surface area contributed by atoms with E-state index in [1.54, 1.807) is 24.4 Å². The largest absolute Gasteiger partial charge is 0.382 e. The van der Waals surface area contributed by atoms with E-state index in [1.165, 1.54) is 0 Å². The molecule has 0 unspecified atom stereocenters. The van der Waals surface area contributed by atoms with Crippen LogP contribution in [0.3, 0.4) is 0 Å². The van der Waals surface area contributed by atoms with E-state index in [0.29, 0.717) is 56.6 Å². The number of piperazine rings is 1. The fourth-order valence-electron chi connectivity index (χ4n) is 5.49. The Morgan fingerprint density at radius 3 is 2.33 bits per heavy atom. The lowest BCUT2D eigenvalue weighted by molar-refractivity contribution is -0.133. The minimum absolute atomic E-state index is 0.0436. The van der Waals surface area contributed by atoms with Gasteiger partial charge >= 0.3 is 0 Å². The normalized spacial score (nSPS) is 13.8. The Kier molecular flexibility index (Phi) is 12.9. The molecule has 2 aromatic carbocycles. The van der Waals surface area contributed by atoms with E-state index in [9.17, 15) is 18.0 Å². The number of amides is 1. The van der Waals surface area contributed by atoms with Gasteiger partial charge in [0.25, 0.3) is 0 Å². The highest BCUT2D eigenvalue weighted by Crippen LogP contribution is 2.27. The highest BCUT2D eigenvalue weighted by Gasteiger charge is 2.24. The van der Waals surface area contributed by atoms with Crippen LogP contribution in [0.25, 0.3) is 0 Å². The van der Waals surface area contributed by atoms with Crippen LogP contribution in [0, 0.1) is 12.3 Å². The lowest BCUT2D eigenvalue weighted by atomic mass is 10.0. The number of carbonyl (C=O) groups is 2. The van der Waals surface area contributed by atoms with Crippen molar-refractivity contribution in [2.75, 3.05) is 60.7 Å². The molecule has 0 aliphatic carbocycles. The molecular weight excluding hydrogens is 628 g/mol. The van der Waals surface area contributed by atoms with Crippen LogP contribution in [0.5, 0.6) is 0 Å². The Labute approximate surface area is 285 Å². The molecule has 2 heterocycles. The van der Waals surface area contributed by atoms with Crippen molar-refractivity contribution in [3.63, 3.8) is 0 Å². The summed E-state index contributed by atoms with van der Waals surface area (Å²) in [5, 5.41) is 6.51. The van der Waals surface area contributed by atoms with Gasteiger partial charge in [0.2, 0.25) is 11.9 Å². The summed E-state index contributed by atoms with van der Waals surface area (Å²) in [7, 11) is -3.44. The Bertz CT molecular complexity index is 1630. The smallest absolute Gasteiger partial charge is 0.229 e. The number of hydrogen-bond acceptors (Lipinski definition) is 10. The van der Waals surface area contributed by atoms with Crippen molar-refractivity contribution < 1.29 is 22.7 Å². The van der Waals surface area contributed by atoms with Gasteiger partial charge in [-0.15, -0.1) is 0 Å². The Morgan fingerprint density at radius 2 is 1.65 bits per heavy atom. The van der Waals surface area contributed by atoms with Gasteiger partial charge in [0.1, 0.15) is 11.6 Å². The minimum atomic E-state index is -3.44. The molecule has 2 N–H and O–H groups in total. The van der Waals surface area contributed by atoms with Gasteiger partial charge in [-0.05, 0) is 74.6 Å². The lowest BCUT2D eigenvalue weighted by Crippen LogP contribution is -2.48. The van der Waals surface area contributed by atoms with Crippen LogP contribution < -0.4 is 15.5 Å². The molecule has 260 valence electrons. The van der Waals surface area contributed by atoms with Crippen molar-refractivity contribution in [2.24, 2.45) is 5.41 Å². The molecule has 0 atom stereocenters. The molecule has 48 heavy (non-hydrogen) atoms. The molecule has 0 radical (unpaired) electrons. The zero-order chi connectivity index (χ0) is 34.7. The van der Waals surface area contributed by atoms with E-state index in [0.717, 1.165) is 42.9 Å². The number of aryl methyl sites for hydroxylation is 1. The number of nitrogens with zero attached hydrogens (tertiary/aromatic N) is 4. The average Bonchev–Trinajstić information content (AvgIpc) is 3.04. The highest BCUT2D eigenvalue weighted by molar-refractivity contribution is 7.91. The molecule has 12 heteroatoms. The lowest BCUT2D eigenvalue weighted by Gasteiger charge is -2.36. The van der Waals surface area contributed by atoms with Crippen LogP contribution in [0.4, 0.5) is 28.8 Å². The van der Waals surface area contributed by atoms with Crippen molar-refractivity contribution >= 4 is 50.4 Å². The van der Waals surface area contributed by atoms with Gasteiger partial charge in [0.05, 0.1) is 10.6 Å². The summed E-state index contributed by atoms with van der Waals surface area (Å²) in [6.45, 7) is 13.6. The van der Waals surface area contributed by atoms with Crippen LogP contribution in [-0.2, 0) is 24.2 Å². The first kappa shape index (κ1) is 36.8. The number of ether oxygens (including phenoxy) is 1. The molecule has 0 spiro atoms. The summed E-state index contributed by atoms with van der Waals surface area (Å²) in [5.74, 6) is 1.22. The molecule has 1 fully saturated rings. The van der Waals surface area contributed by atoms with Gasteiger partial charge < -0.3 is 25.2 Å². The third kappa shape index (κ3) is 11.3. The van der Waals surface area contributed by atoms with E-state index < -0.39 is 9.84 Å². The molecule has 0 saturated carbocycles. The van der Waals surface area contributed by atoms with Crippen molar-refractivity contribution in [1.82, 2.24) is 14.9 Å². The highest BCUT2D eigenvalue weighted by atomic mass is 32.2. The van der Waals surface area contributed by atoms with Gasteiger partial charge in [0, 0.05) is 87.5 Å². The first-order valence-electron chi connectivity index (χ1n) is 16.8. The molecule has 4 rings (SSSR count). The maximum absolute atomic E-state index is 12.9. The third-order valence-electron chi connectivity index (χ3n) is 7.99. The number of hydrogen-bond donors (Lipinski definition) is 2. The van der Waals surface area contributed by atoms with Crippen LogP contribution in [-0.4, -0.2) is 80.1 Å². The first-order valence-corrected chi connectivity index (χ1v) is 18.4. The van der Waals surface area contributed by atoms with Crippen molar-refractivity contribution in [1.29, 1.82) is 0 Å². The summed E-state index contributed by atoms with van der Waals surface area (Å²) in [5.41, 5.74) is 2.97. The minimum Gasteiger partial charge on any atom is -0.382 e. The van der Waals surface area contributed by atoms with Crippen molar-refractivity contribution in [3.8, 4) is 0 Å². The zero-order valence-electron chi connectivity index (χ0n) is 28.9. The van der Waals surface area contributed by atoms with Crippen molar-refractivity contribution in [3.05, 3.63) is 60.3 Å². The summed E-state index contributed by atoms with van der Waals surface area (Å²) >= 11 is 0. The Morgan fingerprint density at radius 1 is 0.917 bits per heavy atom. The molecule has 1 aromatic heterocycles. The van der Waals surface area contributed by atoms with E-state index in [2.05, 4.69) is 25.5 Å². The van der Waals surface area contributed by atoms with Gasteiger partial charge in [0.15, 0.2) is 9.84 Å². The quantitative estimate of drug-likeness (QED) is 0.166. The van der Waals surface area contributed by atoms with Gasteiger partial charge in [-0.1, -0.05) is 26.8 Å². The van der Waals surface area contributed by atoms with E-state index in [1.807, 2.05) is 69.9 Å². The van der Waals surface area contributed by atoms with E-state index in [4.69, 9.17) is 4.74 Å². The number of aromatic nitrogens is 2. The fourth-order valence-corrected chi connectivity index (χ4v) is 7.38. The molecule has 11 nitrogen and oxygen atoms in total. The number of sulfone groups is 1. The fraction of sp³-hybridized carbons (Fsp3) is 0.500. The van der Waals surface area contributed by atoms with Gasteiger partial charge in [-0.2, -0.15) is 4.98 Å². The number of carbonyl (C=O) groups excluding carboxylic acids is 2. The molecular formula is C36H50N6O5S. The van der Waals surface area contributed by atoms with Crippen LogP contribution in [0.15, 0.2) is 59.6 Å². The predicted molar refractivity (Wildman–Crippen MR) is 191 cm³/mol. The van der Waals surface area contributed by atoms with Crippen LogP contribution in [0.2, 0.25) is 0 Å². The molecule has 1 saturated heterocycles. The monoisotopic (exact) mass is 678 g/mol. The number of unbranched alkanes of at least 4 members (excludes halogenated alkanes) is 1. The number of nitrogens with one attached hydrogen (secondary N) is 2. The van der Waals surface area contributed by atoms with Gasteiger partial charge in [-0.25, -0.2) is 13.4 Å². The number of anilines is 5. The van der Waals surface area contributed by atoms with E-state index >= 15 is 0 Å². The topological polar surface area (TPSA) is 134 Å². The van der Waals surface area contributed by atoms with Crippen LogP contribution >= 0.6 is 0 Å². The van der Waals surface area contributed by atoms with Gasteiger partial charge in [-0.3, -0.25) is 9.59 Å². The number of rotatable bonds is 16. The first-order chi connectivity index (χ1) is 22.8. The second kappa shape index (κ2) is 16.9. The second-order valence-electron chi connectivity index (χ2n) is 13.4. The van der Waals surface area contributed by atoms with Crippen LogP contribution in [0.1, 0.15) is 65.4 Å². The standard InChI is InChI=1S/C36H50N6O5S/c1-6-47-23-8-7-11-31(43)17-18-33(44)42-21-19-41(20-22-42)30-15-13-28(14-16-30)39-35-37-25-27(2)34(40-35)38-29-10-9-12-32(24-29)48(45,46)26-36(3,4)5/h9-10,12-16,24-25H,6-8,11,17-23,26H2,1-5H3,(H2,37,38,39,40). The summed E-state index contributed by atoms with van der Waals surface area (Å²) in [4.78, 5) is 38.3. The SMILES string of the molecule is CCOCCCCC(=O)CCC(=O)N1CCN(c2ccc(Nc3ncc(C)c(Nc4cccc(S(=O)(=O)CC(C)(C)C)c4)n3)cc2)CC1. The number of benzene rings is 2. The predicted octanol–water partition coefficient (Wildman–Crippen LogP) is 6.30. The number of Topliss-reactive ketones (excluding diaryl/α,β-unsaturated/α-hetero) is 1. The molecule has 1 aliphatic rings. The number of ketones is 1. The van der Waals surface area contributed by atoms with Crippen molar-refractivity contribution in [2.45, 2.75) is 71.6 Å². The van der Waals surface area contributed by atoms with E-state index in [-0.39, 0.29) is 34.2 Å². The summed E-state index contributed by atoms with van der Waals surface area (Å²) in [6.07, 6.45) is 4.48. The summed E-state index contributed by atoms with van der Waals surface area (Å²) < 4.78 is 31.2.